The SMILES string of the molecule is Cc1sc(CC#N)cc1S(=O)(=O)Cl. The summed E-state index contributed by atoms with van der Waals surface area (Å²) in [6.07, 6.45) is 0.220. The smallest absolute Gasteiger partial charge is 0.207 e. The number of thiophene rings is 1. The second-order valence-electron chi connectivity index (χ2n) is 2.41. The van der Waals surface area contributed by atoms with E-state index < -0.39 is 9.05 Å². The third-order valence-electron chi connectivity index (χ3n) is 1.44. The van der Waals surface area contributed by atoms with Gasteiger partial charge in [0.2, 0.25) is 0 Å². The molecule has 0 N–H and O–H groups in total. The third-order valence-corrected chi connectivity index (χ3v) is 4.07. The van der Waals surface area contributed by atoms with Crippen LogP contribution < -0.4 is 0 Å². The molecule has 0 unspecified atom stereocenters. The van der Waals surface area contributed by atoms with Crippen molar-refractivity contribution in [3.8, 4) is 6.07 Å². The molecule has 1 aromatic rings. The zero-order valence-corrected chi connectivity index (χ0v) is 9.13. The van der Waals surface area contributed by atoms with E-state index in [0.29, 0.717) is 4.88 Å². The van der Waals surface area contributed by atoms with Crippen LogP contribution in [0.3, 0.4) is 0 Å². The van der Waals surface area contributed by atoms with Crippen molar-refractivity contribution in [1.29, 1.82) is 5.26 Å². The Morgan fingerprint density at radius 3 is 2.69 bits per heavy atom. The molecule has 0 fully saturated rings. The summed E-state index contributed by atoms with van der Waals surface area (Å²) in [6.45, 7) is 1.67. The standard InChI is InChI=1S/C7H6ClNO2S2/c1-5-7(13(8,10)11)4-6(12-5)2-3-9/h4H,2H2,1H3. The molecule has 0 aromatic carbocycles. The van der Waals surface area contributed by atoms with Crippen LogP contribution >= 0.6 is 22.0 Å². The van der Waals surface area contributed by atoms with E-state index in [4.69, 9.17) is 15.9 Å². The number of nitriles is 1. The van der Waals surface area contributed by atoms with Gasteiger partial charge in [-0.25, -0.2) is 8.42 Å². The van der Waals surface area contributed by atoms with Crippen LogP contribution in [0, 0.1) is 18.3 Å². The third kappa shape index (κ3) is 2.44. The van der Waals surface area contributed by atoms with E-state index in [1.54, 1.807) is 6.92 Å². The minimum Gasteiger partial charge on any atom is -0.207 e. The van der Waals surface area contributed by atoms with Crippen molar-refractivity contribution >= 4 is 31.1 Å². The maximum Gasteiger partial charge on any atom is 0.262 e. The van der Waals surface area contributed by atoms with Crippen molar-refractivity contribution in [2.45, 2.75) is 18.2 Å². The molecule has 0 aliphatic carbocycles. The number of aryl methyl sites for hydroxylation is 1. The van der Waals surface area contributed by atoms with E-state index in [2.05, 4.69) is 0 Å². The second kappa shape index (κ2) is 3.66. The molecule has 0 aliphatic rings. The van der Waals surface area contributed by atoms with Crippen LogP contribution in [0.4, 0.5) is 0 Å². The molecule has 0 spiro atoms. The summed E-state index contributed by atoms with van der Waals surface area (Å²) < 4.78 is 21.9. The molecule has 6 heteroatoms. The van der Waals surface area contributed by atoms with Crippen molar-refractivity contribution in [3.63, 3.8) is 0 Å². The first-order chi connectivity index (χ1) is 5.95. The van der Waals surface area contributed by atoms with E-state index in [-0.39, 0.29) is 11.3 Å². The van der Waals surface area contributed by atoms with Crippen molar-refractivity contribution in [2.24, 2.45) is 0 Å². The van der Waals surface area contributed by atoms with E-state index in [9.17, 15) is 8.42 Å². The second-order valence-corrected chi connectivity index (χ2v) is 6.28. The van der Waals surface area contributed by atoms with Gasteiger partial charge >= 0.3 is 0 Å². The quantitative estimate of drug-likeness (QED) is 0.738. The van der Waals surface area contributed by atoms with Crippen LogP contribution in [-0.4, -0.2) is 8.42 Å². The zero-order chi connectivity index (χ0) is 10.1. The average Bonchev–Trinajstić information content (AvgIpc) is 2.30. The van der Waals surface area contributed by atoms with Crippen molar-refractivity contribution in [2.75, 3.05) is 0 Å². The van der Waals surface area contributed by atoms with Gasteiger partial charge in [0.15, 0.2) is 0 Å². The first-order valence-corrected chi connectivity index (χ1v) is 6.48. The molecule has 1 aromatic heterocycles. The van der Waals surface area contributed by atoms with E-state index in [1.165, 1.54) is 17.4 Å². The Balaban J connectivity index is 3.20. The van der Waals surface area contributed by atoms with Crippen LogP contribution in [0.25, 0.3) is 0 Å². The molecule has 0 atom stereocenters. The maximum atomic E-state index is 11.0. The van der Waals surface area contributed by atoms with Crippen molar-refractivity contribution < 1.29 is 8.42 Å². The van der Waals surface area contributed by atoms with E-state index in [1.807, 2.05) is 6.07 Å². The Morgan fingerprint density at radius 2 is 2.31 bits per heavy atom. The molecule has 0 aliphatic heterocycles. The van der Waals surface area contributed by atoms with Gasteiger partial charge in [0.05, 0.1) is 17.4 Å². The lowest BCUT2D eigenvalue weighted by atomic mass is 10.4. The summed E-state index contributed by atoms with van der Waals surface area (Å²) in [5, 5.41) is 8.40. The summed E-state index contributed by atoms with van der Waals surface area (Å²) >= 11 is 1.28. The van der Waals surface area contributed by atoms with Crippen LogP contribution in [-0.2, 0) is 15.5 Å². The highest BCUT2D eigenvalue weighted by atomic mass is 35.7. The molecular formula is C7H6ClNO2S2. The number of hydrogen-bond donors (Lipinski definition) is 0. The molecule has 0 bridgehead atoms. The predicted molar refractivity (Wildman–Crippen MR) is 51.4 cm³/mol. The Kier molecular flexibility index (Phi) is 2.96. The van der Waals surface area contributed by atoms with Gasteiger partial charge in [-0.2, -0.15) is 5.26 Å². The normalized spacial score (nSPS) is 11.2. The summed E-state index contributed by atoms with van der Waals surface area (Å²) in [5.74, 6) is 0. The fourth-order valence-electron chi connectivity index (χ4n) is 0.931. The molecule has 70 valence electrons. The minimum atomic E-state index is -3.66. The Bertz CT molecular complexity index is 455. The van der Waals surface area contributed by atoms with Gasteiger partial charge < -0.3 is 0 Å². The Hall–Kier alpha value is -0.570. The van der Waals surface area contributed by atoms with Gasteiger partial charge in [0, 0.05) is 20.4 Å². The largest absolute Gasteiger partial charge is 0.262 e. The number of hydrogen-bond acceptors (Lipinski definition) is 4. The highest BCUT2D eigenvalue weighted by Gasteiger charge is 2.16. The van der Waals surface area contributed by atoms with Crippen LogP contribution in [0.15, 0.2) is 11.0 Å². The summed E-state index contributed by atoms with van der Waals surface area (Å²) in [6, 6.07) is 3.40. The number of halogens is 1. The van der Waals surface area contributed by atoms with Gasteiger partial charge in [-0.3, -0.25) is 0 Å². The molecule has 1 rings (SSSR count). The molecule has 0 amide bonds. The van der Waals surface area contributed by atoms with E-state index in [0.717, 1.165) is 4.88 Å². The lowest BCUT2D eigenvalue weighted by molar-refractivity contribution is 0.609. The molecule has 0 radical (unpaired) electrons. The lowest BCUT2D eigenvalue weighted by Crippen LogP contribution is -1.88. The molecule has 3 nitrogen and oxygen atoms in total. The van der Waals surface area contributed by atoms with E-state index >= 15 is 0 Å². The Morgan fingerprint density at radius 1 is 1.69 bits per heavy atom. The summed E-state index contributed by atoms with van der Waals surface area (Å²) in [5.41, 5.74) is 0. The fraction of sp³-hybridized carbons (Fsp3) is 0.286. The highest BCUT2D eigenvalue weighted by molar-refractivity contribution is 8.13. The first-order valence-electron chi connectivity index (χ1n) is 3.36. The highest BCUT2D eigenvalue weighted by Crippen LogP contribution is 2.28. The monoisotopic (exact) mass is 235 g/mol. The molecule has 13 heavy (non-hydrogen) atoms. The topological polar surface area (TPSA) is 57.9 Å². The van der Waals surface area contributed by atoms with Crippen LogP contribution in [0.2, 0.25) is 0 Å². The van der Waals surface area contributed by atoms with Gasteiger partial charge in [-0.1, -0.05) is 0 Å². The van der Waals surface area contributed by atoms with Gasteiger partial charge in [-0.15, -0.1) is 11.3 Å². The van der Waals surface area contributed by atoms with Gasteiger partial charge in [-0.05, 0) is 13.0 Å². The van der Waals surface area contributed by atoms with Crippen LogP contribution in [0.5, 0.6) is 0 Å². The maximum absolute atomic E-state index is 11.0. The molecular weight excluding hydrogens is 230 g/mol. The van der Waals surface area contributed by atoms with Gasteiger partial charge in [0.1, 0.15) is 0 Å². The number of nitrogens with zero attached hydrogens (tertiary/aromatic N) is 1. The molecule has 0 saturated carbocycles. The lowest BCUT2D eigenvalue weighted by Gasteiger charge is -1.89. The van der Waals surface area contributed by atoms with Crippen LogP contribution in [0.1, 0.15) is 9.75 Å². The van der Waals surface area contributed by atoms with Crippen molar-refractivity contribution in [3.05, 3.63) is 15.8 Å². The van der Waals surface area contributed by atoms with Crippen molar-refractivity contribution in [1.82, 2.24) is 0 Å². The summed E-state index contributed by atoms with van der Waals surface area (Å²) in [7, 11) is 1.52. The number of rotatable bonds is 2. The van der Waals surface area contributed by atoms with Gasteiger partial charge in [0.25, 0.3) is 9.05 Å². The first kappa shape index (κ1) is 10.5. The minimum absolute atomic E-state index is 0.115. The Labute approximate surface area is 85.0 Å². The fourth-order valence-corrected chi connectivity index (χ4v) is 3.57. The molecule has 1 heterocycles. The predicted octanol–water partition coefficient (Wildman–Crippen LogP) is 2.05. The summed E-state index contributed by atoms with van der Waals surface area (Å²) in [4.78, 5) is 1.46. The molecule has 0 saturated heterocycles. The average molecular weight is 236 g/mol. The zero-order valence-electron chi connectivity index (χ0n) is 6.74.